The van der Waals surface area contributed by atoms with Gasteiger partial charge in [0.25, 0.3) is 0 Å². The number of hydrogen-bond acceptors (Lipinski definition) is 5. The van der Waals surface area contributed by atoms with Gasteiger partial charge in [0.05, 0.1) is 0 Å². The fourth-order valence-electron chi connectivity index (χ4n) is 1.61. The standard InChI is InChI=1S/C12H10ClNO4/c1-6(15)17-11-9(16)10(18-12(11)14)7-3-2-4-8(13)5-7/h2-5,10H,14H2,1H3. The Kier molecular flexibility index (Phi) is 3.25. The summed E-state index contributed by atoms with van der Waals surface area (Å²) in [5, 5.41) is 0.475. The molecule has 2 rings (SSSR count). The third-order valence-corrected chi connectivity index (χ3v) is 2.56. The van der Waals surface area contributed by atoms with Crippen molar-refractivity contribution in [2.24, 2.45) is 5.73 Å². The number of nitrogens with two attached hydrogens (primary N) is 1. The number of carbonyl (C=O) groups excluding carboxylic acids is 2. The lowest BCUT2D eigenvalue weighted by atomic mass is 10.1. The molecule has 0 aliphatic carbocycles. The molecule has 6 heteroatoms. The summed E-state index contributed by atoms with van der Waals surface area (Å²) in [6.45, 7) is 1.18. The fraction of sp³-hybridized carbons (Fsp3) is 0.167. The number of ketones is 1. The molecule has 0 radical (unpaired) electrons. The molecule has 1 aromatic carbocycles. The lowest BCUT2D eigenvalue weighted by Gasteiger charge is -2.09. The molecule has 1 aliphatic rings. The monoisotopic (exact) mass is 267 g/mol. The van der Waals surface area contributed by atoms with Crippen molar-refractivity contribution in [2.75, 3.05) is 0 Å². The highest BCUT2D eigenvalue weighted by Crippen LogP contribution is 2.32. The molecule has 0 saturated heterocycles. The predicted octanol–water partition coefficient (Wildman–Crippen LogP) is 1.67. The van der Waals surface area contributed by atoms with Crippen molar-refractivity contribution in [3.05, 3.63) is 46.5 Å². The third kappa shape index (κ3) is 2.31. The molecular weight excluding hydrogens is 258 g/mol. The number of carbonyl (C=O) groups is 2. The van der Waals surface area contributed by atoms with Gasteiger partial charge in [-0.1, -0.05) is 23.7 Å². The van der Waals surface area contributed by atoms with Crippen LogP contribution in [0, 0.1) is 0 Å². The Morgan fingerprint density at radius 1 is 1.50 bits per heavy atom. The van der Waals surface area contributed by atoms with Crippen LogP contribution in [0.4, 0.5) is 0 Å². The lowest BCUT2D eigenvalue weighted by Crippen LogP contribution is -2.13. The van der Waals surface area contributed by atoms with E-state index in [-0.39, 0.29) is 11.6 Å². The van der Waals surface area contributed by atoms with Gasteiger partial charge in [0.1, 0.15) is 0 Å². The van der Waals surface area contributed by atoms with Gasteiger partial charge >= 0.3 is 5.97 Å². The molecular formula is C12H10ClNO4. The van der Waals surface area contributed by atoms with Crippen LogP contribution < -0.4 is 5.73 Å². The minimum absolute atomic E-state index is 0.194. The minimum Gasteiger partial charge on any atom is -0.460 e. The zero-order valence-corrected chi connectivity index (χ0v) is 10.2. The topological polar surface area (TPSA) is 78.6 Å². The van der Waals surface area contributed by atoms with Crippen LogP contribution in [0.5, 0.6) is 0 Å². The predicted molar refractivity (Wildman–Crippen MR) is 63.3 cm³/mol. The quantitative estimate of drug-likeness (QED) is 0.825. The number of rotatable bonds is 2. The number of ether oxygens (including phenoxy) is 2. The van der Waals surface area contributed by atoms with E-state index in [9.17, 15) is 9.59 Å². The molecule has 0 bridgehead atoms. The molecule has 0 fully saturated rings. The van der Waals surface area contributed by atoms with Gasteiger partial charge in [0, 0.05) is 17.5 Å². The first-order chi connectivity index (χ1) is 8.49. The van der Waals surface area contributed by atoms with E-state index in [0.29, 0.717) is 10.6 Å². The third-order valence-electron chi connectivity index (χ3n) is 2.33. The summed E-state index contributed by atoms with van der Waals surface area (Å²) < 4.78 is 9.93. The van der Waals surface area contributed by atoms with Crippen molar-refractivity contribution in [3.8, 4) is 0 Å². The average Bonchev–Trinajstić information content (AvgIpc) is 2.56. The second kappa shape index (κ2) is 4.70. The van der Waals surface area contributed by atoms with Crippen molar-refractivity contribution in [2.45, 2.75) is 13.0 Å². The van der Waals surface area contributed by atoms with E-state index in [4.69, 9.17) is 26.8 Å². The molecule has 1 atom stereocenters. The van der Waals surface area contributed by atoms with Crippen LogP contribution in [0.2, 0.25) is 5.02 Å². The second-order valence-electron chi connectivity index (χ2n) is 3.70. The molecule has 2 N–H and O–H groups in total. The minimum atomic E-state index is -0.918. The van der Waals surface area contributed by atoms with Gasteiger partial charge in [-0.25, -0.2) is 0 Å². The zero-order valence-electron chi connectivity index (χ0n) is 9.48. The normalized spacial score (nSPS) is 18.8. The summed E-state index contributed by atoms with van der Waals surface area (Å²) >= 11 is 5.83. The maximum absolute atomic E-state index is 12.0. The van der Waals surface area contributed by atoms with E-state index >= 15 is 0 Å². The van der Waals surface area contributed by atoms with E-state index in [0.717, 1.165) is 0 Å². The van der Waals surface area contributed by atoms with Crippen LogP contribution in [-0.4, -0.2) is 11.8 Å². The van der Waals surface area contributed by atoms with Gasteiger partial charge in [-0.05, 0) is 12.1 Å². The van der Waals surface area contributed by atoms with Crippen LogP contribution in [0.1, 0.15) is 18.6 Å². The Labute approximate surface area is 108 Å². The summed E-state index contributed by atoms with van der Waals surface area (Å²) in [4.78, 5) is 22.8. The lowest BCUT2D eigenvalue weighted by molar-refractivity contribution is -0.140. The van der Waals surface area contributed by atoms with Crippen molar-refractivity contribution in [3.63, 3.8) is 0 Å². The molecule has 18 heavy (non-hydrogen) atoms. The smallest absolute Gasteiger partial charge is 0.308 e. The van der Waals surface area contributed by atoms with Gasteiger partial charge in [-0.15, -0.1) is 0 Å². The van der Waals surface area contributed by atoms with Crippen LogP contribution in [0.15, 0.2) is 35.9 Å². The highest BCUT2D eigenvalue weighted by atomic mass is 35.5. The fourth-order valence-corrected chi connectivity index (χ4v) is 1.81. The molecule has 1 aliphatic heterocycles. The Hall–Kier alpha value is -2.01. The number of hydrogen-bond donors (Lipinski definition) is 1. The van der Waals surface area contributed by atoms with Crippen LogP contribution in [0.3, 0.4) is 0 Å². The Morgan fingerprint density at radius 2 is 2.22 bits per heavy atom. The van der Waals surface area contributed by atoms with E-state index in [2.05, 4.69) is 0 Å². The highest BCUT2D eigenvalue weighted by molar-refractivity contribution is 6.30. The summed E-state index contributed by atoms with van der Waals surface area (Å²) in [7, 11) is 0. The summed E-state index contributed by atoms with van der Waals surface area (Å²) in [6, 6.07) is 6.63. The van der Waals surface area contributed by atoms with Gasteiger partial charge in [0.15, 0.2) is 6.10 Å². The zero-order chi connectivity index (χ0) is 13.3. The maximum Gasteiger partial charge on any atom is 0.308 e. The van der Waals surface area contributed by atoms with E-state index < -0.39 is 17.9 Å². The van der Waals surface area contributed by atoms with Gasteiger partial charge in [-0.2, -0.15) is 0 Å². The number of halogens is 1. The SMILES string of the molecule is CC(=O)OC1=C(N)OC(c2cccc(Cl)c2)C1=O. The summed E-state index contributed by atoms with van der Waals surface area (Å²) in [6.07, 6.45) is -0.918. The van der Waals surface area contributed by atoms with Crippen molar-refractivity contribution in [1.82, 2.24) is 0 Å². The Morgan fingerprint density at radius 3 is 2.83 bits per heavy atom. The van der Waals surface area contributed by atoms with Crippen molar-refractivity contribution >= 4 is 23.4 Å². The molecule has 0 saturated carbocycles. The molecule has 0 spiro atoms. The first-order valence-corrected chi connectivity index (χ1v) is 5.51. The maximum atomic E-state index is 12.0. The second-order valence-corrected chi connectivity index (χ2v) is 4.14. The molecule has 1 heterocycles. The van der Waals surface area contributed by atoms with Gasteiger partial charge < -0.3 is 15.2 Å². The molecule has 5 nitrogen and oxygen atoms in total. The summed E-state index contributed by atoms with van der Waals surface area (Å²) in [5.41, 5.74) is 6.06. The molecule has 0 aromatic heterocycles. The number of Topliss-reactive ketones (excluding diaryl/α,β-unsaturated/α-hetero) is 1. The first-order valence-electron chi connectivity index (χ1n) is 5.13. The van der Waals surface area contributed by atoms with Crippen LogP contribution in [-0.2, 0) is 19.1 Å². The van der Waals surface area contributed by atoms with Crippen molar-refractivity contribution in [1.29, 1.82) is 0 Å². The van der Waals surface area contributed by atoms with Crippen molar-refractivity contribution < 1.29 is 19.1 Å². The Balaban J connectivity index is 2.26. The average molecular weight is 268 g/mol. The van der Waals surface area contributed by atoms with E-state index in [1.54, 1.807) is 24.3 Å². The largest absolute Gasteiger partial charge is 0.460 e. The highest BCUT2D eigenvalue weighted by Gasteiger charge is 2.37. The molecule has 94 valence electrons. The first kappa shape index (κ1) is 12.4. The van der Waals surface area contributed by atoms with Crippen LogP contribution >= 0.6 is 11.6 Å². The van der Waals surface area contributed by atoms with Gasteiger partial charge in [0.2, 0.25) is 17.4 Å². The Bertz CT molecular complexity index is 553. The van der Waals surface area contributed by atoms with E-state index in [1.807, 2.05) is 0 Å². The van der Waals surface area contributed by atoms with Crippen LogP contribution in [0.25, 0.3) is 0 Å². The summed E-state index contributed by atoms with van der Waals surface area (Å²) in [5.74, 6) is -1.57. The van der Waals surface area contributed by atoms with Gasteiger partial charge in [-0.3, -0.25) is 9.59 Å². The molecule has 1 aromatic rings. The molecule has 0 amide bonds. The number of esters is 1. The number of benzene rings is 1. The van der Waals surface area contributed by atoms with E-state index in [1.165, 1.54) is 6.92 Å². The molecule has 1 unspecified atom stereocenters.